The third kappa shape index (κ3) is 4.77. The molecule has 4 nitrogen and oxygen atoms in total. The van der Waals surface area contributed by atoms with E-state index in [1.807, 2.05) is 54.6 Å². The molecule has 2 aromatic carbocycles. The number of likely N-dealkylation sites (N-methyl/N-ethyl adjacent to an activating group) is 1. The minimum atomic E-state index is -0.335. The summed E-state index contributed by atoms with van der Waals surface area (Å²) in [7, 11) is 1.79. The molecule has 1 aliphatic rings. The molecule has 1 fully saturated rings. The summed E-state index contributed by atoms with van der Waals surface area (Å²) in [6.07, 6.45) is 2.08. The molecule has 1 amide bonds. The van der Waals surface area contributed by atoms with Crippen LogP contribution in [0.5, 0.6) is 0 Å². The summed E-state index contributed by atoms with van der Waals surface area (Å²) in [6, 6.07) is 17.3. The molecular weight excluding hydrogens is 348 g/mol. The van der Waals surface area contributed by atoms with E-state index in [1.165, 1.54) is 12.8 Å². The second-order valence-electron chi connectivity index (χ2n) is 6.70. The molecule has 5 heteroatoms. The first-order valence-corrected chi connectivity index (χ1v) is 9.43. The van der Waals surface area contributed by atoms with Crippen LogP contribution >= 0.6 is 11.6 Å². The van der Waals surface area contributed by atoms with Crippen molar-refractivity contribution in [2.75, 3.05) is 26.7 Å². The highest BCUT2D eigenvalue weighted by atomic mass is 35.5. The maximum absolute atomic E-state index is 12.7. The lowest BCUT2D eigenvalue weighted by Gasteiger charge is -2.32. The number of hydrogen-bond donors (Lipinski definition) is 0. The molecule has 0 saturated carbocycles. The van der Waals surface area contributed by atoms with E-state index in [9.17, 15) is 4.79 Å². The number of halogens is 1. The molecule has 3 rings (SSSR count). The average molecular weight is 373 g/mol. The first kappa shape index (κ1) is 18.7. The van der Waals surface area contributed by atoms with E-state index in [0.717, 1.165) is 30.8 Å². The first-order valence-electron chi connectivity index (χ1n) is 9.05. The van der Waals surface area contributed by atoms with Gasteiger partial charge in [0.2, 0.25) is 0 Å². The van der Waals surface area contributed by atoms with Crippen molar-refractivity contribution < 1.29 is 9.53 Å². The molecule has 2 aromatic rings. The van der Waals surface area contributed by atoms with Gasteiger partial charge >= 0.3 is 6.09 Å². The number of carbonyl (C=O) groups excluding carboxylic acids is 1. The summed E-state index contributed by atoms with van der Waals surface area (Å²) < 4.78 is 5.52. The molecule has 0 unspecified atom stereocenters. The van der Waals surface area contributed by atoms with E-state index >= 15 is 0 Å². The number of benzene rings is 2. The van der Waals surface area contributed by atoms with Crippen molar-refractivity contribution in [3.8, 4) is 0 Å². The van der Waals surface area contributed by atoms with Crippen LogP contribution in [-0.2, 0) is 11.3 Å². The number of amides is 1. The Morgan fingerprint density at radius 1 is 1.12 bits per heavy atom. The average Bonchev–Trinajstić information content (AvgIpc) is 3.18. The van der Waals surface area contributed by atoms with Gasteiger partial charge in [0.1, 0.15) is 6.61 Å². The van der Waals surface area contributed by atoms with Gasteiger partial charge in [-0.2, -0.15) is 0 Å². The molecule has 0 aliphatic carbocycles. The molecular formula is C21H25ClN2O2. The smallest absolute Gasteiger partial charge is 0.410 e. The number of carbonyl (C=O) groups is 1. The number of likely N-dealkylation sites (tertiary alicyclic amines) is 1. The van der Waals surface area contributed by atoms with Crippen LogP contribution < -0.4 is 0 Å². The van der Waals surface area contributed by atoms with E-state index in [2.05, 4.69) is 4.90 Å². The van der Waals surface area contributed by atoms with Crippen LogP contribution in [0.2, 0.25) is 5.02 Å². The monoisotopic (exact) mass is 372 g/mol. The maximum atomic E-state index is 12.7. The second kappa shape index (κ2) is 9.06. The zero-order valence-corrected chi connectivity index (χ0v) is 15.9. The van der Waals surface area contributed by atoms with E-state index in [0.29, 0.717) is 5.02 Å². The van der Waals surface area contributed by atoms with Gasteiger partial charge in [0, 0.05) is 18.6 Å². The van der Waals surface area contributed by atoms with Crippen molar-refractivity contribution >= 4 is 17.7 Å². The van der Waals surface area contributed by atoms with Crippen LogP contribution in [0.25, 0.3) is 0 Å². The highest BCUT2D eigenvalue weighted by Crippen LogP contribution is 2.29. The largest absolute Gasteiger partial charge is 0.445 e. The lowest BCUT2D eigenvalue weighted by Crippen LogP contribution is -2.38. The Balaban J connectivity index is 1.72. The summed E-state index contributed by atoms with van der Waals surface area (Å²) in [5.74, 6) is 0. The highest BCUT2D eigenvalue weighted by Gasteiger charge is 2.27. The highest BCUT2D eigenvalue weighted by molar-refractivity contribution is 6.31. The second-order valence-corrected chi connectivity index (χ2v) is 7.10. The van der Waals surface area contributed by atoms with Gasteiger partial charge in [-0.1, -0.05) is 60.1 Å². The van der Waals surface area contributed by atoms with Gasteiger partial charge < -0.3 is 14.5 Å². The Morgan fingerprint density at radius 2 is 1.77 bits per heavy atom. The molecule has 0 bridgehead atoms. The molecule has 138 valence electrons. The third-order valence-electron chi connectivity index (χ3n) is 4.85. The quantitative estimate of drug-likeness (QED) is 0.733. The molecule has 0 radical (unpaired) electrons. The fourth-order valence-corrected chi connectivity index (χ4v) is 3.59. The van der Waals surface area contributed by atoms with Gasteiger partial charge in [0.25, 0.3) is 0 Å². The summed E-state index contributed by atoms with van der Waals surface area (Å²) in [5.41, 5.74) is 1.93. The van der Waals surface area contributed by atoms with E-state index in [4.69, 9.17) is 16.3 Å². The van der Waals surface area contributed by atoms with Gasteiger partial charge in [0.15, 0.2) is 0 Å². The molecule has 1 heterocycles. The fraction of sp³-hybridized carbons (Fsp3) is 0.381. The van der Waals surface area contributed by atoms with Gasteiger partial charge in [0.05, 0.1) is 6.04 Å². The zero-order chi connectivity index (χ0) is 18.4. The lowest BCUT2D eigenvalue weighted by atomic mass is 10.1. The fourth-order valence-electron chi connectivity index (χ4n) is 3.33. The Bertz CT molecular complexity index is 717. The Labute approximate surface area is 160 Å². The van der Waals surface area contributed by atoms with Gasteiger partial charge in [-0.15, -0.1) is 0 Å². The Hall–Kier alpha value is -2.04. The van der Waals surface area contributed by atoms with Gasteiger partial charge in [-0.05, 0) is 43.1 Å². The first-order chi connectivity index (χ1) is 12.6. The van der Waals surface area contributed by atoms with Crippen molar-refractivity contribution in [3.63, 3.8) is 0 Å². The van der Waals surface area contributed by atoms with Crippen LogP contribution in [0.1, 0.15) is 30.0 Å². The topological polar surface area (TPSA) is 32.8 Å². The maximum Gasteiger partial charge on any atom is 0.410 e. The molecule has 0 N–H and O–H groups in total. The molecule has 1 saturated heterocycles. The van der Waals surface area contributed by atoms with E-state index in [1.54, 1.807) is 11.9 Å². The summed E-state index contributed by atoms with van der Waals surface area (Å²) in [5, 5.41) is 0.680. The summed E-state index contributed by atoms with van der Waals surface area (Å²) in [6.45, 7) is 3.16. The number of rotatable bonds is 6. The van der Waals surface area contributed by atoms with Crippen molar-refractivity contribution in [2.24, 2.45) is 0 Å². The molecule has 26 heavy (non-hydrogen) atoms. The van der Waals surface area contributed by atoms with Crippen LogP contribution in [0.4, 0.5) is 4.79 Å². The molecule has 0 spiro atoms. The normalized spacial score (nSPS) is 15.6. The number of ether oxygens (including phenoxy) is 1. The van der Waals surface area contributed by atoms with Crippen molar-refractivity contribution in [3.05, 3.63) is 70.7 Å². The lowest BCUT2D eigenvalue weighted by molar-refractivity contribution is 0.0834. The van der Waals surface area contributed by atoms with E-state index in [-0.39, 0.29) is 18.7 Å². The molecule has 0 aromatic heterocycles. The van der Waals surface area contributed by atoms with Crippen LogP contribution in [0, 0.1) is 0 Å². The Morgan fingerprint density at radius 3 is 2.46 bits per heavy atom. The predicted octanol–water partition coefficient (Wildman–Crippen LogP) is 4.75. The third-order valence-corrected chi connectivity index (χ3v) is 5.20. The van der Waals surface area contributed by atoms with Gasteiger partial charge in [-0.25, -0.2) is 4.79 Å². The number of hydrogen-bond acceptors (Lipinski definition) is 3. The minimum absolute atomic E-state index is 0.134. The van der Waals surface area contributed by atoms with Crippen molar-refractivity contribution in [2.45, 2.75) is 25.5 Å². The predicted molar refractivity (Wildman–Crippen MR) is 104 cm³/mol. The molecule has 1 aliphatic heterocycles. The van der Waals surface area contributed by atoms with Gasteiger partial charge in [-0.3, -0.25) is 0 Å². The Kier molecular flexibility index (Phi) is 6.53. The standard InChI is InChI=1S/C21H25ClN2O2/c1-23(21(25)26-16-17-9-3-2-4-10-17)20(15-24-13-7-8-14-24)18-11-5-6-12-19(18)22/h2-6,9-12,20H,7-8,13-16H2,1H3/t20-/m0/s1. The summed E-state index contributed by atoms with van der Waals surface area (Å²) >= 11 is 6.43. The zero-order valence-electron chi connectivity index (χ0n) is 15.1. The van der Waals surface area contributed by atoms with E-state index < -0.39 is 0 Å². The van der Waals surface area contributed by atoms with Crippen LogP contribution in [0.3, 0.4) is 0 Å². The minimum Gasteiger partial charge on any atom is -0.445 e. The van der Waals surface area contributed by atoms with Crippen molar-refractivity contribution in [1.29, 1.82) is 0 Å². The van der Waals surface area contributed by atoms with Crippen molar-refractivity contribution in [1.82, 2.24) is 9.80 Å². The number of nitrogens with zero attached hydrogens (tertiary/aromatic N) is 2. The van der Waals surface area contributed by atoms with Crippen LogP contribution in [-0.4, -0.2) is 42.6 Å². The summed E-state index contributed by atoms with van der Waals surface area (Å²) in [4.78, 5) is 16.7. The molecule has 1 atom stereocenters. The SMILES string of the molecule is CN(C(=O)OCc1ccccc1)[C@@H](CN1CCCC1)c1ccccc1Cl. The van der Waals surface area contributed by atoms with Crippen LogP contribution in [0.15, 0.2) is 54.6 Å².